The van der Waals surface area contributed by atoms with Crippen molar-refractivity contribution < 1.29 is 14.0 Å². The number of anilines is 1. The van der Waals surface area contributed by atoms with Crippen LogP contribution >= 0.6 is 0 Å². The molecule has 0 spiro atoms. The summed E-state index contributed by atoms with van der Waals surface area (Å²) >= 11 is 0. The summed E-state index contributed by atoms with van der Waals surface area (Å²) in [6, 6.07) is 8.13. The zero-order valence-corrected chi connectivity index (χ0v) is 15.3. The number of amides is 2. The van der Waals surface area contributed by atoms with E-state index in [9.17, 15) is 14.4 Å². The second-order valence-electron chi connectivity index (χ2n) is 6.77. The molecule has 144 valence electrons. The number of nitrogens with zero attached hydrogens (tertiary/aromatic N) is 3. The first-order chi connectivity index (χ1) is 13.6. The number of oxazole rings is 1. The minimum absolute atomic E-state index is 0.0758. The van der Waals surface area contributed by atoms with Crippen LogP contribution < -0.4 is 11.1 Å². The van der Waals surface area contributed by atoms with Gasteiger partial charge >= 0.3 is 5.76 Å². The van der Waals surface area contributed by atoms with Crippen molar-refractivity contribution in [2.45, 2.75) is 25.8 Å². The van der Waals surface area contributed by atoms with E-state index in [0.29, 0.717) is 22.4 Å². The molecule has 1 aliphatic heterocycles. The molecule has 8 nitrogen and oxygen atoms in total. The fourth-order valence-corrected chi connectivity index (χ4v) is 3.37. The Hall–Kier alpha value is -3.42. The fraction of sp³-hybridized carbons (Fsp3) is 0.300. The van der Waals surface area contributed by atoms with Gasteiger partial charge in [0.1, 0.15) is 6.54 Å². The molecule has 3 aromatic rings. The van der Waals surface area contributed by atoms with Crippen LogP contribution in [0, 0.1) is 0 Å². The van der Waals surface area contributed by atoms with Gasteiger partial charge in [-0.15, -0.1) is 0 Å². The van der Waals surface area contributed by atoms with Gasteiger partial charge in [0.25, 0.3) is 5.91 Å². The number of piperidine rings is 1. The SMILES string of the molecule is O=C(Nc1ccc2oc(=O)n(CC(=O)N3CCCCC3)c2c1)c1ccncc1. The van der Waals surface area contributed by atoms with E-state index in [1.54, 1.807) is 35.2 Å². The van der Waals surface area contributed by atoms with E-state index in [1.807, 2.05) is 0 Å². The third-order valence-corrected chi connectivity index (χ3v) is 4.87. The molecule has 1 saturated heterocycles. The lowest BCUT2D eigenvalue weighted by Gasteiger charge is -2.26. The summed E-state index contributed by atoms with van der Waals surface area (Å²) in [5.74, 6) is -0.975. The quantitative estimate of drug-likeness (QED) is 0.749. The van der Waals surface area contributed by atoms with Gasteiger partial charge in [-0.05, 0) is 49.6 Å². The van der Waals surface area contributed by atoms with Crippen LogP contribution in [0.5, 0.6) is 0 Å². The van der Waals surface area contributed by atoms with Crippen molar-refractivity contribution in [2.24, 2.45) is 0 Å². The van der Waals surface area contributed by atoms with Gasteiger partial charge < -0.3 is 14.6 Å². The van der Waals surface area contributed by atoms with Crippen LogP contribution in [0.15, 0.2) is 51.9 Å². The Bertz CT molecular complexity index is 1060. The second-order valence-corrected chi connectivity index (χ2v) is 6.77. The zero-order valence-electron chi connectivity index (χ0n) is 15.3. The first-order valence-electron chi connectivity index (χ1n) is 9.24. The summed E-state index contributed by atoms with van der Waals surface area (Å²) < 4.78 is 6.56. The van der Waals surface area contributed by atoms with Crippen molar-refractivity contribution in [1.82, 2.24) is 14.5 Å². The zero-order chi connectivity index (χ0) is 19.5. The van der Waals surface area contributed by atoms with Gasteiger partial charge in [-0.25, -0.2) is 4.79 Å². The fourth-order valence-electron chi connectivity index (χ4n) is 3.37. The molecule has 1 aromatic carbocycles. The summed E-state index contributed by atoms with van der Waals surface area (Å²) in [7, 11) is 0. The maximum absolute atomic E-state index is 12.6. The summed E-state index contributed by atoms with van der Waals surface area (Å²) in [4.78, 5) is 42.8. The largest absolute Gasteiger partial charge is 0.420 e. The lowest BCUT2D eigenvalue weighted by Crippen LogP contribution is -2.39. The first-order valence-corrected chi connectivity index (χ1v) is 9.24. The molecule has 3 heterocycles. The number of likely N-dealkylation sites (tertiary alicyclic amines) is 1. The molecule has 28 heavy (non-hydrogen) atoms. The Morgan fingerprint density at radius 1 is 1.07 bits per heavy atom. The number of rotatable bonds is 4. The highest BCUT2D eigenvalue weighted by Gasteiger charge is 2.20. The van der Waals surface area contributed by atoms with E-state index in [1.165, 1.54) is 17.0 Å². The molecule has 0 radical (unpaired) electrons. The second kappa shape index (κ2) is 7.67. The van der Waals surface area contributed by atoms with Crippen LogP contribution in [-0.4, -0.2) is 39.4 Å². The third-order valence-electron chi connectivity index (χ3n) is 4.87. The standard InChI is InChI=1S/C20H20N4O4/c25-18(23-10-2-1-3-11-23)13-24-16-12-15(4-5-17(16)28-20(24)27)22-19(26)14-6-8-21-9-7-14/h4-9,12H,1-3,10-11,13H2,(H,22,26). The minimum atomic E-state index is -0.585. The van der Waals surface area contributed by atoms with E-state index < -0.39 is 5.76 Å². The Balaban J connectivity index is 1.58. The normalized spacial score (nSPS) is 14.2. The topological polar surface area (TPSA) is 97.4 Å². The Labute approximate surface area is 160 Å². The molecule has 0 aliphatic carbocycles. The van der Waals surface area contributed by atoms with E-state index in [-0.39, 0.29) is 18.4 Å². The maximum Gasteiger partial charge on any atom is 0.420 e. The summed E-state index contributed by atoms with van der Waals surface area (Å²) in [5.41, 5.74) is 1.83. The lowest BCUT2D eigenvalue weighted by atomic mass is 10.1. The van der Waals surface area contributed by atoms with Crippen LogP contribution in [0.4, 0.5) is 5.69 Å². The number of aromatic nitrogens is 2. The van der Waals surface area contributed by atoms with Crippen molar-refractivity contribution in [1.29, 1.82) is 0 Å². The highest BCUT2D eigenvalue weighted by molar-refractivity contribution is 6.04. The predicted molar refractivity (Wildman–Crippen MR) is 103 cm³/mol. The van der Waals surface area contributed by atoms with Gasteiger partial charge in [0, 0.05) is 36.7 Å². The van der Waals surface area contributed by atoms with Gasteiger partial charge in [0.2, 0.25) is 5.91 Å². The monoisotopic (exact) mass is 380 g/mol. The van der Waals surface area contributed by atoms with Crippen molar-refractivity contribution in [2.75, 3.05) is 18.4 Å². The molecule has 0 atom stereocenters. The van der Waals surface area contributed by atoms with Crippen molar-refractivity contribution >= 4 is 28.6 Å². The number of fused-ring (bicyclic) bond motifs is 1. The summed E-state index contributed by atoms with van der Waals surface area (Å²) in [6.45, 7) is 1.36. The van der Waals surface area contributed by atoms with E-state index in [2.05, 4.69) is 10.3 Å². The molecular weight excluding hydrogens is 360 g/mol. The van der Waals surface area contributed by atoms with Crippen LogP contribution in [0.25, 0.3) is 11.1 Å². The average Bonchev–Trinajstić information content (AvgIpc) is 3.04. The number of nitrogens with one attached hydrogen (secondary N) is 1. The molecule has 0 unspecified atom stereocenters. The molecule has 2 aromatic heterocycles. The lowest BCUT2D eigenvalue weighted by molar-refractivity contribution is -0.132. The molecule has 0 bridgehead atoms. The van der Waals surface area contributed by atoms with Crippen molar-refractivity contribution in [3.05, 3.63) is 58.8 Å². The number of carbonyl (C=O) groups is 2. The third kappa shape index (κ3) is 3.66. The Morgan fingerprint density at radius 2 is 1.82 bits per heavy atom. The van der Waals surface area contributed by atoms with Crippen LogP contribution in [0.3, 0.4) is 0 Å². The smallest absolute Gasteiger partial charge is 0.408 e. The molecule has 0 saturated carbocycles. The van der Waals surface area contributed by atoms with Crippen molar-refractivity contribution in [3.63, 3.8) is 0 Å². The van der Waals surface area contributed by atoms with Gasteiger partial charge in [-0.2, -0.15) is 0 Å². The van der Waals surface area contributed by atoms with E-state index in [0.717, 1.165) is 32.4 Å². The summed E-state index contributed by atoms with van der Waals surface area (Å²) in [6.07, 6.45) is 6.17. The maximum atomic E-state index is 12.6. The number of hydrogen-bond acceptors (Lipinski definition) is 5. The Morgan fingerprint density at radius 3 is 2.57 bits per heavy atom. The van der Waals surface area contributed by atoms with Crippen LogP contribution in [0.2, 0.25) is 0 Å². The molecule has 2 amide bonds. The Kier molecular flexibility index (Phi) is 4.92. The van der Waals surface area contributed by atoms with Crippen LogP contribution in [-0.2, 0) is 11.3 Å². The summed E-state index contributed by atoms with van der Waals surface area (Å²) in [5, 5.41) is 2.78. The van der Waals surface area contributed by atoms with E-state index >= 15 is 0 Å². The first kappa shape index (κ1) is 18.0. The average molecular weight is 380 g/mol. The van der Waals surface area contributed by atoms with Gasteiger partial charge in [0.15, 0.2) is 5.58 Å². The highest BCUT2D eigenvalue weighted by Crippen LogP contribution is 2.20. The molecule has 1 aliphatic rings. The molecule has 1 N–H and O–H groups in total. The highest BCUT2D eigenvalue weighted by atomic mass is 16.4. The molecule has 4 rings (SSSR count). The molecular formula is C20H20N4O4. The molecule has 8 heteroatoms. The number of hydrogen-bond donors (Lipinski definition) is 1. The number of carbonyl (C=O) groups excluding carboxylic acids is 2. The van der Waals surface area contributed by atoms with Crippen LogP contribution in [0.1, 0.15) is 29.6 Å². The number of pyridine rings is 1. The minimum Gasteiger partial charge on any atom is -0.408 e. The van der Waals surface area contributed by atoms with E-state index in [4.69, 9.17) is 4.42 Å². The van der Waals surface area contributed by atoms with Gasteiger partial charge in [-0.1, -0.05) is 0 Å². The molecule has 1 fully saturated rings. The van der Waals surface area contributed by atoms with Crippen molar-refractivity contribution in [3.8, 4) is 0 Å². The predicted octanol–water partition coefficient (Wildman–Crippen LogP) is 2.25. The number of benzene rings is 1. The van der Waals surface area contributed by atoms with Gasteiger partial charge in [-0.3, -0.25) is 19.1 Å². The van der Waals surface area contributed by atoms with Gasteiger partial charge in [0.05, 0.1) is 5.52 Å².